The first-order chi connectivity index (χ1) is 10.0. The Morgan fingerprint density at radius 2 is 2.00 bits per heavy atom. The van der Waals surface area contributed by atoms with E-state index in [9.17, 15) is 18.7 Å². The van der Waals surface area contributed by atoms with Crippen LogP contribution in [0.2, 0.25) is 5.02 Å². The van der Waals surface area contributed by atoms with Gasteiger partial charge in [-0.1, -0.05) is 23.7 Å². The third-order valence-corrected chi connectivity index (χ3v) is 3.23. The maximum atomic E-state index is 13.4. The lowest BCUT2D eigenvalue weighted by Gasteiger charge is -2.17. The van der Waals surface area contributed by atoms with Gasteiger partial charge >= 0.3 is 0 Å². The summed E-state index contributed by atoms with van der Waals surface area (Å²) in [6.07, 6.45) is 0. The summed E-state index contributed by atoms with van der Waals surface area (Å²) in [6.45, 7) is -0.428. The zero-order valence-electron chi connectivity index (χ0n) is 10.8. The second-order valence-electron chi connectivity index (χ2n) is 4.39. The largest absolute Gasteiger partial charge is 0.394 e. The van der Waals surface area contributed by atoms with Gasteiger partial charge in [0.25, 0.3) is 5.91 Å². The average Bonchev–Trinajstić information content (AvgIpc) is 2.47. The first kappa shape index (κ1) is 15.4. The van der Waals surface area contributed by atoms with Gasteiger partial charge in [-0.15, -0.1) is 0 Å². The van der Waals surface area contributed by atoms with E-state index in [-0.39, 0.29) is 10.6 Å². The van der Waals surface area contributed by atoms with Crippen LogP contribution in [0.5, 0.6) is 0 Å². The number of benzene rings is 2. The van der Waals surface area contributed by atoms with E-state index in [1.54, 1.807) is 0 Å². The lowest BCUT2D eigenvalue weighted by molar-refractivity contribution is 0.0915. The number of hydrogen-bond acceptors (Lipinski definition) is 2. The molecule has 0 aliphatic rings. The van der Waals surface area contributed by atoms with Crippen molar-refractivity contribution in [2.75, 3.05) is 6.61 Å². The van der Waals surface area contributed by atoms with E-state index in [1.165, 1.54) is 30.3 Å². The van der Waals surface area contributed by atoms with Crippen molar-refractivity contribution in [2.45, 2.75) is 6.04 Å². The maximum Gasteiger partial charge on any atom is 0.251 e. The summed E-state index contributed by atoms with van der Waals surface area (Å²) in [4.78, 5) is 12.0. The molecule has 1 unspecified atom stereocenters. The first-order valence-electron chi connectivity index (χ1n) is 6.13. The van der Waals surface area contributed by atoms with Crippen molar-refractivity contribution in [3.05, 3.63) is 70.2 Å². The minimum atomic E-state index is -0.812. The fourth-order valence-electron chi connectivity index (χ4n) is 1.83. The molecule has 110 valence electrons. The van der Waals surface area contributed by atoms with Gasteiger partial charge in [-0.25, -0.2) is 8.78 Å². The van der Waals surface area contributed by atoms with Gasteiger partial charge < -0.3 is 10.4 Å². The van der Waals surface area contributed by atoms with Gasteiger partial charge in [0.05, 0.1) is 17.7 Å². The Hall–Kier alpha value is -1.98. The number of aliphatic hydroxyl groups is 1. The quantitative estimate of drug-likeness (QED) is 0.911. The molecule has 0 aliphatic heterocycles. The maximum absolute atomic E-state index is 13.4. The van der Waals surface area contributed by atoms with Crippen molar-refractivity contribution in [1.29, 1.82) is 0 Å². The molecule has 0 aromatic heterocycles. The zero-order valence-corrected chi connectivity index (χ0v) is 11.6. The van der Waals surface area contributed by atoms with E-state index in [1.807, 2.05) is 0 Å². The number of carbonyl (C=O) groups excluding carboxylic acids is 1. The molecule has 2 aromatic carbocycles. The van der Waals surface area contributed by atoms with Crippen LogP contribution in [-0.2, 0) is 0 Å². The van der Waals surface area contributed by atoms with Crippen molar-refractivity contribution in [2.24, 2.45) is 0 Å². The Morgan fingerprint density at radius 3 is 2.62 bits per heavy atom. The van der Waals surface area contributed by atoms with Crippen molar-refractivity contribution in [1.82, 2.24) is 5.32 Å². The fourth-order valence-corrected chi connectivity index (χ4v) is 1.95. The van der Waals surface area contributed by atoms with Crippen LogP contribution in [0, 0.1) is 11.6 Å². The van der Waals surface area contributed by atoms with Crippen molar-refractivity contribution < 1.29 is 18.7 Å². The van der Waals surface area contributed by atoms with Crippen molar-refractivity contribution in [3.8, 4) is 0 Å². The first-order valence-corrected chi connectivity index (χ1v) is 6.51. The summed E-state index contributed by atoms with van der Waals surface area (Å²) < 4.78 is 26.5. The Kier molecular flexibility index (Phi) is 4.88. The number of nitrogens with one attached hydrogen (secondary N) is 1. The summed E-state index contributed by atoms with van der Waals surface area (Å²) in [5, 5.41) is 11.8. The molecule has 6 heteroatoms. The van der Waals surface area contributed by atoms with Crippen molar-refractivity contribution in [3.63, 3.8) is 0 Å². The van der Waals surface area contributed by atoms with E-state index in [0.717, 1.165) is 12.1 Å². The molecule has 2 rings (SSSR count). The Balaban J connectivity index is 2.18. The fraction of sp³-hybridized carbons (Fsp3) is 0.133. The van der Waals surface area contributed by atoms with E-state index >= 15 is 0 Å². The summed E-state index contributed by atoms with van der Waals surface area (Å²) in [7, 11) is 0. The highest BCUT2D eigenvalue weighted by Crippen LogP contribution is 2.20. The number of aliphatic hydroxyl groups excluding tert-OH is 1. The molecule has 2 N–H and O–H groups in total. The lowest BCUT2D eigenvalue weighted by Crippen LogP contribution is -2.30. The van der Waals surface area contributed by atoms with Gasteiger partial charge in [0.1, 0.15) is 11.6 Å². The zero-order chi connectivity index (χ0) is 15.4. The number of rotatable bonds is 4. The number of halogens is 3. The molecule has 0 heterocycles. The molecule has 3 nitrogen and oxygen atoms in total. The lowest BCUT2D eigenvalue weighted by atomic mass is 10.1. The minimum absolute atomic E-state index is 0.0492. The van der Waals surface area contributed by atoms with E-state index < -0.39 is 30.2 Å². The van der Waals surface area contributed by atoms with Crippen LogP contribution in [0.1, 0.15) is 22.0 Å². The molecule has 1 amide bonds. The molecule has 21 heavy (non-hydrogen) atoms. The van der Waals surface area contributed by atoms with Crippen LogP contribution in [0.4, 0.5) is 8.78 Å². The SMILES string of the molecule is O=C(NC(CO)c1ccc(Cl)c(F)c1)c1cccc(F)c1. The normalized spacial score (nSPS) is 12.0. The molecule has 0 aliphatic carbocycles. The molecule has 1 atom stereocenters. The van der Waals surface area contributed by atoms with E-state index in [2.05, 4.69) is 5.32 Å². The highest BCUT2D eigenvalue weighted by Gasteiger charge is 2.16. The Bertz CT molecular complexity index is 664. The predicted octanol–water partition coefficient (Wildman–Crippen LogP) is 3.08. The number of amides is 1. The van der Waals surface area contributed by atoms with Crippen LogP contribution in [0.3, 0.4) is 0 Å². The second-order valence-corrected chi connectivity index (χ2v) is 4.80. The summed E-state index contributed by atoms with van der Waals surface area (Å²) in [5.74, 6) is -1.75. The average molecular weight is 312 g/mol. The van der Waals surface area contributed by atoms with Gasteiger partial charge in [-0.3, -0.25) is 4.79 Å². The summed E-state index contributed by atoms with van der Waals surface area (Å²) in [6, 6.07) is 8.29. The van der Waals surface area contributed by atoms with Crippen LogP contribution in [0.25, 0.3) is 0 Å². The third-order valence-electron chi connectivity index (χ3n) is 2.92. The van der Waals surface area contributed by atoms with Gasteiger partial charge in [-0.2, -0.15) is 0 Å². The van der Waals surface area contributed by atoms with Crippen LogP contribution < -0.4 is 5.32 Å². The predicted molar refractivity (Wildman–Crippen MR) is 75.1 cm³/mol. The number of carbonyl (C=O) groups is 1. The standard InChI is InChI=1S/C15H12ClF2NO2/c16-12-5-4-9(7-13(12)18)14(8-20)19-15(21)10-2-1-3-11(17)6-10/h1-7,14,20H,8H2,(H,19,21). The molecule has 0 spiro atoms. The van der Waals surface area contributed by atoms with E-state index in [0.29, 0.717) is 5.56 Å². The highest BCUT2D eigenvalue weighted by atomic mass is 35.5. The summed E-state index contributed by atoms with van der Waals surface area (Å²) >= 11 is 5.58. The molecule has 0 radical (unpaired) electrons. The smallest absolute Gasteiger partial charge is 0.251 e. The van der Waals surface area contributed by atoms with Crippen molar-refractivity contribution >= 4 is 17.5 Å². The van der Waals surface area contributed by atoms with Crippen LogP contribution in [0.15, 0.2) is 42.5 Å². The minimum Gasteiger partial charge on any atom is -0.394 e. The molecule has 0 bridgehead atoms. The highest BCUT2D eigenvalue weighted by molar-refractivity contribution is 6.30. The molecular weight excluding hydrogens is 300 g/mol. The summed E-state index contributed by atoms with van der Waals surface area (Å²) in [5.41, 5.74) is 0.479. The van der Waals surface area contributed by atoms with E-state index in [4.69, 9.17) is 11.6 Å². The number of hydrogen-bond donors (Lipinski definition) is 2. The Morgan fingerprint density at radius 1 is 1.24 bits per heavy atom. The second kappa shape index (κ2) is 6.65. The molecule has 0 saturated heterocycles. The molecule has 2 aromatic rings. The van der Waals surface area contributed by atoms with Crippen LogP contribution >= 0.6 is 11.6 Å². The molecular formula is C15H12ClF2NO2. The molecule has 0 fully saturated rings. The topological polar surface area (TPSA) is 49.3 Å². The van der Waals surface area contributed by atoms with Gasteiger partial charge in [0.2, 0.25) is 0 Å². The molecule has 0 saturated carbocycles. The Labute approximate surface area is 125 Å². The third kappa shape index (κ3) is 3.77. The van der Waals surface area contributed by atoms with Gasteiger partial charge in [0, 0.05) is 5.56 Å². The van der Waals surface area contributed by atoms with Gasteiger partial charge in [0.15, 0.2) is 0 Å². The van der Waals surface area contributed by atoms with Crippen LogP contribution in [-0.4, -0.2) is 17.6 Å². The monoisotopic (exact) mass is 311 g/mol. The van der Waals surface area contributed by atoms with Gasteiger partial charge in [-0.05, 0) is 35.9 Å².